The number of thiophene rings is 1. The van der Waals surface area contributed by atoms with E-state index in [4.69, 9.17) is 19.9 Å². The molecular weight excluding hydrogens is 404 g/mol. The minimum Gasteiger partial charge on any atom is -0.444 e. The Morgan fingerprint density at radius 2 is 2.03 bits per heavy atom. The zero-order valence-corrected chi connectivity index (χ0v) is 19.4. The maximum absolute atomic E-state index is 13.4. The topological polar surface area (TPSA) is 99.8 Å². The van der Waals surface area contributed by atoms with E-state index in [9.17, 15) is 4.79 Å². The van der Waals surface area contributed by atoms with Crippen molar-refractivity contribution in [3.8, 4) is 0 Å². The summed E-state index contributed by atoms with van der Waals surface area (Å²) in [7, 11) is 0. The summed E-state index contributed by atoms with van der Waals surface area (Å²) in [4.78, 5) is 23.8. The van der Waals surface area contributed by atoms with Crippen molar-refractivity contribution in [2.24, 2.45) is 0 Å². The van der Waals surface area contributed by atoms with Gasteiger partial charge in [0.25, 0.3) is 0 Å². The monoisotopic (exact) mass is 434 g/mol. The number of ether oxygens (including phenoxy) is 3. The molecular formula is C21H30N4O4S. The Morgan fingerprint density at radius 3 is 2.67 bits per heavy atom. The van der Waals surface area contributed by atoms with Gasteiger partial charge in [-0.05, 0) is 53.3 Å². The normalized spacial score (nSPS) is 30.6. The summed E-state index contributed by atoms with van der Waals surface area (Å²) in [5.41, 5.74) is 6.30. The van der Waals surface area contributed by atoms with Gasteiger partial charge in [0.05, 0.1) is 22.3 Å². The molecule has 9 heteroatoms. The van der Waals surface area contributed by atoms with Gasteiger partial charge in [0.2, 0.25) is 0 Å². The number of aromatic nitrogens is 2. The van der Waals surface area contributed by atoms with E-state index < -0.39 is 23.0 Å². The van der Waals surface area contributed by atoms with Crippen LogP contribution in [0, 0.1) is 0 Å². The number of nitrogen functional groups attached to an aromatic ring is 1. The molecule has 2 aromatic rings. The first-order valence-corrected chi connectivity index (χ1v) is 11.1. The maximum atomic E-state index is 13.4. The lowest BCUT2D eigenvalue weighted by atomic mass is 9.88. The van der Waals surface area contributed by atoms with Gasteiger partial charge in [-0.1, -0.05) is 6.92 Å². The third kappa shape index (κ3) is 3.23. The molecule has 164 valence electrons. The van der Waals surface area contributed by atoms with Crippen LogP contribution in [0.1, 0.15) is 66.5 Å². The van der Waals surface area contributed by atoms with Crippen molar-refractivity contribution in [1.82, 2.24) is 14.9 Å². The second-order valence-corrected chi connectivity index (χ2v) is 10.5. The van der Waals surface area contributed by atoms with Crippen molar-refractivity contribution in [2.75, 3.05) is 5.73 Å². The Bertz CT molecular complexity index is 985. The van der Waals surface area contributed by atoms with Gasteiger partial charge in [-0.2, -0.15) is 0 Å². The molecule has 0 spiro atoms. The summed E-state index contributed by atoms with van der Waals surface area (Å²) in [6, 6.07) is -0.641. The van der Waals surface area contributed by atoms with E-state index in [1.165, 1.54) is 17.7 Å². The van der Waals surface area contributed by atoms with Crippen molar-refractivity contribution in [3.05, 3.63) is 17.3 Å². The number of amides is 1. The molecule has 2 aromatic heterocycles. The highest BCUT2D eigenvalue weighted by Gasteiger charge is 2.67. The fraction of sp³-hybridized carbons (Fsp3) is 0.667. The molecule has 8 nitrogen and oxygen atoms in total. The molecule has 4 heterocycles. The van der Waals surface area contributed by atoms with E-state index in [2.05, 4.69) is 9.97 Å². The van der Waals surface area contributed by atoms with Crippen molar-refractivity contribution < 1.29 is 19.0 Å². The number of carbonyl (C=O) groups is 1. The standard InChI is InChI=1S/C21H30N4O4S/c1-8-12-16-21(7,29-20(5,6)27-16)15(25(12)18(26)28-19(2,3)4)11-9-30-14-13(11)23-10-24-17(14)22/h9-10,12,15-16H,8H2,1-7H3,(H2,22,23,24)/t12-,15+,16-,21+/m1/s1. The van der Waals surface area contributed by atoms with E-state index >= 15 is 0 Å². The molecule has 2 fully saturated rings. The molecule has 4 rings (SSSR count). The van der Waals surface area contributed by atoms with Crippen molar-refractivity contribution in [3.63, 3.8) is 0 Å². The Morgan fingerprint density at radius 1 is 1.33 bits per heavy atom. The number of likely N-dealkylation sites (tertiary alicyclic amines) is 1. The van der Waals surface area contributed by atoms with E-state index in [1.807, 2.05) is 53.8 Å². The molecule has 0 aliphatic carbocycles. The quantitative estimate of drug-likeness (QED) is 0.754. The second kappa shape index (κ2) is 6.77. The average molecular weight is 435 g/mol. The number of fused-ring (bicyclic) bond motifs is 2. The molecule has 0 bridgehead atoms. The molecule has 2 N–H and O–H groups in total. The summed E-state index contributed by atoms with van der Waals surface area (Å²) < 4.78 is 19.4. The smallest absolute Gasteiger partial charge is 0.411 e. The molecule has 0 saturated carbocycles. The van der Waals surface area contributed by atoms with Crippen molar-refractivity contribution >= 4 is 33.5 Å². The largest absolute Gasteiger partial charge is 0.444 e. The van der Waals surface area contributed by atoms with Crippen LogP contribution in [0.15, 0.2) is 11.7 Å². The highest BCUT2D eigenvalue weighted by Crippen LogP contribution is 2.56. The molecule has 0 radical (unpaired) electrons. The lowest BCUT2D eigenvalue weighted by molar-refractivity contribution is -0.182. The Kier molecular flexibility index (Phi) is 4.80. The first-order valence-electron chi connectivity index (χ1n) is 10.2. The number of nitrogens with two attached hydrogens (primary N) is 1. The number of nitrogens with zero attached hydrogens (tertiary/aromatic N) is 3. The fourth-order valence-electron chi connectivity index (χ4n) is 4.83. The summed E-state index contributed by atoms with van der Waals surface area (Å²) in [5.74, 6) is -0.332. The number of carbonyl (C=O) groups excluding carboxylic acids is 1. The van der Waals surface area contributed by atoms with Gasteiger partial charge in [-0.25, -0.2) is 14.8 Å². The van der Waals surface area contributed by atoms with E-state index in [-0.39, 0.29) is 18.2 Å². The van der Waals surface area contributed by atoms with Crippen molar-refractivity contribution in [2.45, 2.75) is 90.1 Å². The fourth-order valence-corrected chi connectivity index (χ4v) is 5.77. The average Bonchev–Trinajstić information content (AvgIpc) is 3.19. The van der Waals surface area contributed by atoms with Gasteiger partial charge >= 0.3 is 6.09 Å². The van der Waals surface area contributed by atoms with Crippen molar-refractivity contribution in [1.29, 1.82) is 0 Å². The van der Waals surface area contributed by atoms with Crippen LogP contribution < -0.4 is 5.73 Å². The van der Waals surface area contributed by atoms with Gasteiger partial charge in [-0.15, -0.1) is 11.3 Å². The molecule has 30 heavy (non-hydrogen) atoms. The van der Waals surface area contributed by atoms with Crippen LogP contribution in [0.25, 0.3) is 10.2 Å². The summed E-state index contributed by atoms with van der Waals surface area (Å²) >= 11 is 1.47. The summed E-state index contributed by atoms with van der Waals surface area (Å²) in [5, 5.41) is 1.99. The van der Waals surface area contributed by atoms with Crippen LogP contribution in [0.5, 0.6) is 0 Å². The highest BCUT2D eigenvalue weighted by atomic mass is 32.1. The minimum absolute atomic E-state index is 0.203. The Hall–Kier alpha value is -1.97. The SMILES string of the molecule is CC[C@@H]1[C@H]2OC(C)(C)O[C@@]2(C)[C@H](c2csc3c(N)ncnc23)N1C(=O)OC(C)(C)C. The second-order valence-electron chi connectivity index (χ2n) is 9.62. The Balaban J connectivity index is 1.89. The van der Waals surface area contributed by atoms with E-state index in [1.54, 1.807) is 4.90 Å². The summed E-state index contributed by atoms with van der Waals surface area (Å²) in [6.45, 7) is 13.5. The first kappa shape index (κ1) is 21.3. The van der Waals surface area contributed by atoms with Crippen LogP contribution in [0.3, 0.4) is 0 Å². The molecule has 2 aliphatic heterocycles. The number of rotatable bonds is 2. The van der Waals surface area contributed by atoms with Gasteiger partial charge < -0.3 is 19.9 Å². The molecule has 2 saturated heterocycles. The predicted octanol–water partition coefficient (Wildman–Crippen LogP) is 4.25. The van der Waals surface area contributed by atoms with Gasteiger partial charge in [0.1, 0.15) is 29.5 Å². The molecule has 1 amide bonds. The highest BCUT2D eigenvalue weighted by molar-refractivity contribution is 7.18. The maximum Gasteiger partial charge on any atom is 0.411 e. The third-order valence-electron chi connectivity index (χ3n) is 5.70. The predicted molar refractivity (Wildman–Crippen MR) is 115 cm³/mol. The van der Waals surface area contributed by atoms with Gasteiger partial charge in [-0.3, -0.25) is 4.90 Å². The molecule has 4 atom stereocenters. The van der Waals surface area contributed by atoms with Gasteiger partial charge in [0.15, 0.2) is 5.79 Å². The van der Waals surface area contributed by atoms with Crippen LogP contribution in [-0.2, 0) is 14.2 Å². The zero-order valence-electron chi connectivity index (χ0n) is 18.6. The third-order valence-corrected chi connectivity index (χ3v) is 6.71. The molecule has 0 unspecified atom stereocenters. The number of hydrogen-bond acceptors (Lipinski definition) is 8. The molecule has 0 aromatic carbocycles. The van der Waals surface area contributed by atoms with Crippen LogP contribution in [0.2, 0.25) is 0 Å². The zero-order chi connectivity index (χ0) is 22.1. The van der Waals surface area contributed by atoms with Crippen LogP contribution >= 0.6 is 11.3 Å². The van der Waals surface area contributed by atoms with E-state index in [0.717, 1.165) is 15.8 Å². The van der Waals surface area contributed by atoms with Crippen LogP contribution in [0.4, 0.5) is 10.6 Å². The van der Waals surface area contributed by atoms with Crippen LogP contribution in [-0.4, -0.2) is 50.1 Å². The summed E-state index contributed by atoms with van der Waals surface area (Å²) in [6.07, 6.45) is 1.47. The lowest BCUT2D eigenvalue weighted by Crippen LogP contribution is -2.45. The van der Waals surface area contributed by atoms with Gasteiger partial charge in [0, 0.05) is 5.56 Å². The Labute approximate surface area is 180 Å². The number of anilines is 1. The minimum atomic E-state index is -0.769. The van der Waals surface area contributed by atoms with E-state index in [0.29, 0.717) is 12.2 Å². The first-order chi connectivity index (χ1) is 13.9. The lowest BCUT2D eigenvalue weighted by Gasteiger charge is -2.37. The molecule has 2 aliphatic rings. The number of hydrogen-bond donors (Lipinski definition) is 1.